The summed E-state index contributed by atoms with van der Waals surface area (Å²) in [4.78, 5) is 13.9. The number of nitrogens with zero attached hydrogens (tertiary/aromatic N) is 4. The fraction of sp³-hybridized carbons (Fsp3) is 0.263. The predicted octanol–water partition coefficient (Wildman–Crippen LogP) is 3.60. The Hall–Kier alpha value is -2.89. The van der Waals surface area contributed by atoms with Crippen LogP contribution in [0.4, 0.5) is 4.39 Å². The summed E-state index contributed by atoms with van der Waals surface area (Å²) in [7, 11) is 0. The van der Waals surface area contributed by atoms with E-state index in [4.69, 9.17) is 0 Å². The standard InChI is InChI=1S/C19H19FN4O/c1-11-8-17(14(4)13(3)12(11)2)18(25)10-24-22-19(21-23-24)15-6-5-7-16(20)9-15/h5-9H,10H2,1-4H3. The highest BCUT2D eigenvalue weighted by Gasteiger charge is 2.16. The van der Waals surface area contributed by atoms with Crippen LogP contribution in [0.25, 0.3) is 11.4 Å². The SMILES string of the molecule is Cc1cc(C(=O)Cn2nnc(-c3cccc(F)c3)n2)c(C)c(C)c1C. The van der Waals surface area contributed by atoms with E-state index in [2.05, 4.69) is 22.3 Å². The topological polar surface area (TPSA) is 60.7 Å². The minimum atomic E-state index is -0.369. The zero-order valence-electron chi connectivity index (χ0n) is 14.7. The van der Waals surface area contributed by atoms with Crippen LogP contribution in [0, 0.1) is 33.5 Å². The average molecular weight is 338 g/mol. The van der Waals surface area contributed by atoms with Gasteiger partial charge in [0.05, 0.1) is 0 Å². The van der Waals surface area contributed by atoms with Gasteiger partial charge in [-0.25, -0.2) is 4.39 Å². The molecule has 5 nitrogen and oxygen atoms in total. The number of tetrazole rings is 1. The van der Waals surface area contributed by atoms with Crippen molar-refractivity contribution in [3.8, 4) is 11.4 Å². The van der Waals surface area contributed by atoms with Crippen LogP contribution in [0.1, 0.15) is 32.6 Å². The Morgan fingerprint density at radius 2 is 1.84 bits per heavy atom. The van der Waals surface area contributed by atoms with E-state index in [-0.39, 0.29) is 18.1 Å². The molecule has 0 atom stereocenters. The Morgan fingerprint density at radius 3 is 2.56 bits per heavy atom. The molecule has 0 saturated heterocycles. The molecule has 0 amide bonds. The molecule has 0 bridgehead atoms. The zero-order chi connectivity index (χ0) is 18.1. The number of benzene rings is 2. The van der Waals surface area contributed by atoms with Crippen LogP contribution in [0.15, 0.2) is 30.3 Å². The molecule has 2 aromatic carbocycles. The lowest BCUT2D eigenvalue weighted by molar-refractivity contribution is 0.0960. The molecule has 25 heavy (non-hydrogen) atoms. The summed E-state index contributed by atoms with van der Waals surface area (Å²) < 4.78 is 13.3. The Bertz CT molecular complexity index is 962. The lowest BCUT2D eigenvalue weighted by Crippen LogP contribution is -2.15. The normalized spacial score (nSPS) is 10.9. The summed E-state index contributed by atoms with van der Waals surface area (Å²) in [6.45, 7) is 8.00. The quantitative estimate of drug-likeness (QED) is 0.682. The lowest BCUT2D eigenvalue weighted by Gasteiger charge is -2.13. The Labute approximate surface area is 145 Å². The number of carbonyl (C=O) groups excluding carboxylic acids is 1. The average Bonchev–Trinajstić information content (AvgIpc) is 3.04. The van der Waals surface area contributed by atoms with E-state index in [0.717, 1.165) is 16.7 Å². The molecule has 0 aliphatic carbocycles. The van der Waals surface area contributed by atoms with E-state index in [1.54, 1.807) is 12.1 Å². The van der Waals surface area contributed by atoms with Crippen molar-refractivity contribution < 1.29 is 9.18 Å². The highest BCUT2D eigenvalue weighted by atomic mass is 19.1. The summed E-state index contributed by atoms with van der Waals surface area (Å²) >= 11 is 0. The maximum absolute atomic E-state index is 13.3. The van der Waals surface area contributed by atoms with Crippen molar-refractivity contribution in [3.63, 3.8) is 0 Å². The third kappa shape index (κ3) is 3.33. The third-order valence-electron chi connectivity index (χ3n) is 4.60. The second kappa shape index (κ2) is 6.55. The number of ketones is 1. The Balaban J connectivity index is 1.85. The molecule has 0 unspecified atom stereocenters. The molecule has 6 heteroatoms. The van der Waals surface area contributed by atoms with Gasteiger partial charge in [-0.2, -0.15) is 4.80 Å². The number of hydrogen-bond donors (Lipinski definition) is 0. The lowest BCUT2D eigenvalue weighted by atomic mass is 9.93. The van der Waals surface area contributed by atoms with Gasteiger partial charge < -0.3 is 0 Å². The molecule has 3 aromatic rings. The van der Waals surface area contributed by atoms with Gasteiger partial charge in [0.15, 0.2) is 5.78 Å². The smallest absolute Gasteiger partial charge is 0.205 e. The predicted molar refractivity (Wildman–Crippen MR) is 92.9 cm³/mol. The first-order valence-electron chi connectivity index (χ1n) is 8.01. The number of aromatic nitrogens is 4. The minimum absolute atomic E-state index is 0.00883. The van der Waals surface area contributed by atoms with Crippen molar-refractivity contribution in [2.75, 3.05) is 0 Å². The van der Waals surface area contributed by atoms with Crippen molar-refractivity contribution in [3.05, 3.63) is 64.0 Å². The van der Waals surface area contributed by atoms with E-state index in [0.29, 0.717) is 17.0 Å². The number of hydrogen-bond acceptors (Lipinski definition) is 4. The Morgan fingerprint density at radius 1 is 1.08 bits per heavy atom. The van der Waals surface area contributed by atoms with E-state index >= 15 is 0 Å². The number of rotatable bonds is 4. The number of carbonyl (C=O) groups is 1. The first-order chi connectivity index (χ1) is 11.9. The van der Waals surface area contributed by atoms with Gasteiger partial charge in [-0.1, -0.05) is 12.1 Å². The highest BCUT2D eigenvalue weighted by Crippen LogP contribution is 2.22. The summed E-state index contributed by atoms with van der Waals surface area (Å²) in [5.41, 5.74) is 5.57. The van der Waals surface area contributed by atoms with Gasteiger partial charge in [0.25, 0.3) is 0 Å². The number of Topliss-reactive ketones (excluding diaryl/α,β-unsaturated/α-hetero) is 1. The van der Waals surface area contributed by atoms with E-state index in [1.807, 2.05) is 26.8 Å². The Kier molecular flexibility index (Phi) is 4.44. The molecule has 3 rings (SSSR count). The summed E-state index contributed by atoms with van der Waals surface area (Å²) in [5, 5.41) is 12.0. The van der Waals surface area contributed by atoms with Gasteiger partial charge in [-0.15, -0.1) is 10.2 Å². The van der Waals surface area contributed by atoms with Crippen molar-refractivity contribution in [2.24, 2.45) is 0 Å². The van der Waals surface area contributed by atoms with Gasteiger partial charge in [-0.05, 0) is 73.4 Å². The molecule has 0 fully saturated rings. The van der Waals surface area contributed by atoms with Crippen LogP contribution in [0.2, 0.25) is 0 Å². The van der Waals surface area contributed by atoms with Gasteiger partial charge in [0, 0.05) is 11.1 Å². The molecule has 0 saturated carbocycles. The molecule has 1 aromatic heterocycles. The highest BCUT2D eigenvalue weighted by molar-refractivity contribution is 5.97. The van der Waals surface area contributed by atoms with E-state index < -0.39 is 0 Å². The fourth-order valence-corrected chi connectivity index (χ4v) is 2.77. The van der Waals surface area contributed by atoms with Crippen LogP contribution in [0.3, 0.4) is 0 Å². The summed E-state index contributed by atoms with van der Waals surface area (Å²) in [5.74, 6) is -0.154. The molecule has 128 valence electrons. The fourth-order valence-electron chi connectivity index (χ4n) is 2.77. The van der Waals surface area contributed by atoms with Crippen LogP contribution < -0.4 is 0 Å². The molecule has 0 aliphatic heterocycles. The van der Waals surface area contributed by atoms with Gasteiger partial charge in [0.1, 0.15) is 12.4 Å². The molecular formula is C19H19FN4O. The third-order valence-corrected chi connectivity index (χ3v) is 4.60. The maximum atomic E-state index is 13.3. The first-order valence-corrected chi connectivity index (χ1v) is 8.01. The van der Waals surface area contributed by atoms with Crippen molar-refractivity contribution in [1.29, 1.82) is 0 Å². The zero-order valence-corrected chi connectivity index (χ0v) is 14.7. The molecule has 0 aliphatic rings. The van der Waals surface area contributed by atoms with Crippen LogP contribution in [-0.2, 0) is 6.54 Å². The minimum Gasteiger partial charge on any atom is -0.292 e. The van der Waals surface area contributed by atoms with Crippen molar-refractivity contribution in [1.82, 2.24) is 20.2 Å². The van der Waals surface area contributed by atoms with Crippen LogP contribution in [-0.4, -0.2) is 26.0 Å². The summed E-state index contributed by atoms with van der Waals surface area (Å²) in [6, 6.07) is 7.87. The van der Waals surface area contributed by atoms with Gasteiger partial charge in [0.2, 0.25) is 5.82 Å². The van der Waals surface area contributed by atoms with Crippen LogP contribution >= 0.6 is 0 Å². The number of halogens is 1. The molecular weight excluding hydrogens is 319 g/mol. The molecule has 0 N–H and O–H groups in total. The second-order valence-corrected chi connectivity index (χ2v) is 6.19. The van der Waals surface area contributed by atoms with E-state index in [9.17, 15) is 9.18 Å². The van der Waals surface area contributed by atoms with Crippen molar-refractivity contribution >= 4 is 5.78 Å². The maximum Gasteiger partial charge on any atom is 0.205 e. The van der Waals surface area contributed by atoms with Crippen molar-refractivity contribution in [2.45, 2.75) is 34.2 Å². The summed E-state index contributed by atoms with van der Waals surface area (Å²) in [6.07, 6.45) is 0. The van der Waals surface area contributed by atoms with E-state index in [1.165, 1.54) is 22.5 Å². The molecule has 1 heterocycles. The second-order valence-electron chi connectivity index (χ2n) is 6.19. The van der Waals surface area contributed by atoms with Crippen LogP contribution in [0.5, 0.6) is 0 Å². The van der Waals surface area contributed by atoms with Gasteiger partial charge >= 0.3 is 0 Å². The van der Waals surface area contributed by atoms with Gasteiger partial charge in [-0.3, -0.25) is 4.79 Å². The molecule has 0 spiro atoms. The number of aryl methyl sites for hydroxylation is 1. The monoisotopic (exact) mass is 338 g/mol. The first kappa shape index (κ1) is 17.0. The largest absolute Gasteiger partial charge is 0.292 e. The molecule has 0 radical (unpaired) electrons.